The lowest BCUT2D eigenvalue weighted by molar-refractivity contribution is -0.885. The van der Waals surface area contributed by atoms with E-state index in [1.54, 1.807) is 0 Å². The predicted molar refractivity (Wildman–Crippen MR) is 85.1 cm³/mol. The first-order chi connectivity index (χ1) is 10.2. The minimum atomic E-state index is -0.215. The average molecular weight is 328 g/mol. The van der Waals surface area contributed by atoms with Crippen molar-refractivity contribution in [1.29, 1.82) is 0 Å². The Bertz CT molecular complexity index is 555. The first-order valence-electron chi connectivity index (χ1n) is 7.39. The molecule has 1 atom stereocenters. The molecule has 1 aromatic carbocycles. The predicted octanol–water partition coefficient (Wildman–Crippen LogP) is 1.14. The molecule has 1 aliphatic rings. The van der Waals surface area contributed by atoms with Crippen LogP contribution < -0.4 is 15.0 Å². The number of ether oxygens (including phenoxy) is 2. The van der Waals surface area contributed by atoms with Crippen LogP contribution in [0, 0.1) is 0 Å². The van der Waals surface area contributed by atoms with Crippen molar-refractivity contribution < 1.29 is 19.2 Å². The fourth-order valence-corrected chi connectivity index (χ4v) is 2.78. The largest absolute Gasteiger partial charge is 0.467 e. The van der Waals surface area contributed by atoms with Crippen LogP contribution >= 0.6 is 11.6 Å². The minimum absolute atomic E-state index is 0.0325. The fourth-order valence-electron chi connectivity index (χ4n) is 2.51. The van der Waals surface area contributed by atoms with E-state index in [4.69, 9.17) is 21.1 Å². The van der Waals surface area contributed by atoms with Crippen molar-refractivity contribution in [2.24, 2.45) is 0 Å². The van der Waals surface area contributed by atoms with Crippen molar-refractivity contribution in [2.45, 2.75) is 39.5 Å². The van der Waals surface area contributed by atoms with Gasteiger partial charge < -0.3 is 19.7 Å². The summed E-state index contributed by atoms with van der Waals surface area (Å²) < 4.78 is 10.9. The Morgan fingerprint density at radius 2 is 2.14 bits per heavy atom. The van der Waals surface area contributed by atoms with Crippen LogP contribution in [0.25, 0.3) is 0 Å². The molecule has 1 unspecified atom stereocenters. The van der Waals surface area contributed by atoms with E-state index in [0.29, 0.717) is 24.7 Å². The second kappa shape index (κ2) is 6.86. The van der Waals surface area contributed by atoms with Crippen LogP contribution in [0.3, 0.4) is 0 Å². The van der Waals surface area contributed by atoms with Gasteiger partial charge in [-0.05, 0) is 32.9 Å². The average Bonchev–Trinajstić information content (AvgIpc) is 2.35. The van der Waals surface area contributed by atoms with E-state index in [2.05, 4.69) is 5.32 Å². The summed E-state index contributed by atoms with van der Waals surface area (Å²) in [6.45, 7) is 7.75. The van der Waals surface area contributed by atoms with Crippen molar-refractivity contribution in [3.63, 3.8) is 0 Å². The zero-order valence-corrected chi connectivity index (χ0v) is 14.3. The van der Waals surface area contributed by atoms with E-state index >= 15 is 0 Å². The monoisotopic (exact) mass is 327 g/mol. The number of amides is 1. The number of fused-ring (bicyclic) bond motifs is 1. The maximum absolute atomic E-state index is 12.0. The van der Waals surface area contributed by atoms with Gasteiger partial charge in [-0.3, -0.25) is 4.79 Å². The van der Waals surface area contributed by atoms with Gasteiger partial charge in [-0.2, -0.15) is 0 Å². The Morgan fingerprint density at radius 3 is 2.82 bits per heavy atom. The summed E-state index contributed by atoms with van der Waals surface area (Å²) in [5, 5.41) is 3.63. The van der Waals surface area contributed by atoms with Crippen LogP contribution in [0.15, 0.2) is 12.1 Å². The van der Waals surface area contributed by atoms with Gasteiger partial charge in [0.15, 0.2) is 13.3 Å². The number of quaternary nitrogens is 1. The van der Waals surface area contributed by atoms with Crippen molar-refractivity contribution >= 4 is 17.5 Å². The van der Waals surface area contributed by atoms with Gasteiger partial charge in [0, 0.05) is 16.1 Å². The molecule has 5 nitrogen and oxygen atoms in total. The maximum atomic E-state index is 12.0. The van der Waals surface area contributed by atoms with E-state index < -0.39 is 0 Å². The highest BCUT2D eigenvalue weighted by atomic mass is 35.5. The Morgan fingerprint density at radius 1 is 1.41 bits per heavy atom. The lowest BCUT2D eigenvalue weighted by Crippen LogP contribution is -3.09. The molecule has 0 bridgehead atoms. The number of nitrogens with one attached hydrogen (secondary N) is 2. The Kier molecular flexibility index (Phi) is 5.32. The molecule has 0 aromatic heterocycles. The number of benzene rings is 1. The molecule has 0 radical (unpaired) electrons. The van der Waals surface area contributed by atoms with Crippen LogP contribution in [0.5, 0.6) is 5.75 Å². The van der Waals surface area contributed by atoms with Gasteiger partial charge >= 0.3 is 0 Å². The summed E-state index contributed by atoms with van der Waals surface area (Å²) in [4.78, 5) is 13.1. The van der Waals surface area contributed by atoms with E-state index in [9.17, 15) is 4.79 Å². The highest BCUT2D eigenvalue weighted by Crippen LogP contribution is 2.31. The molecular weight excluding hydrogens is 304 g/mol. The molecule has 0 saturated carbocycles. The van der Waals surface area contributed by atoms with Crippen molar-refractivity contribution in [3.8, 4) is 5.75 Å². The Hall–Kier alpha value is -1.30. The van der Waals surface area contributed by atoms with Gasteiger partial charge in [-0.25, -0.2) is 0 Å². The van der Waals surface area contributed by atoms with Crippen molar-refractivity contribution in [3.05, 3.63) is 28.3 Å². The molecule has 1 amide bonds. The van der Waals surface area contributed by atoms with Gasteiger partial charge in [0.25, 0.3) is 5.91 Å². The van der Waals surface area contributed by atoms with E-state index in [1.807, 2.05) is 40.0 Å². The molecule has 122 valence electrons. The molecule has 1 aromatic rings. The number of hydrogen-bond acceptors (Lipinski definition) is 3. The van der Waals surface area contributed by atoms with E-state index in [-0.39, 0.29) is 18.2 Å². The molecule has 0 saturated heterocycles. The van der Waals surface area contributed by atoms with Gasteiger partial charge in [-0.1, -0.05) is 11.6 Å². The molecule has 0 fully saturated rings. The fraction of sp³-hybridized carbons (Fsp3) is 0.562. The third-order valence-electron chi connectivity index (χ3n) is 3.22. The van der Waals surface area contributed by atoms with E-state index in [1.165, 1.54) is 0 Å². The van der Waals surface area contributed by atoms with Crippen LogP contribution in [0.4, 0.5) is 0 Å². The smallest absolute Gasteiger partial charge is 0.275 e. The van der Waals surface area contributed by atoms with Crippen LogP contribution in [-0.2, 0) is 22.7 Å². The molecule has 22 heavy (non-hydrogen) atoms. The van der Waals surface area contributed by atoms with Gasteiger partial charge in [-0.15, -0.1) is 0 Å². The number of likely N-dealkylation sites (N-methyl/N-ethyl adjacent to an activating group) is 1. The molecule has 0 spiro atoms. The standard InChI is InChI=1S/C16H23ClN2O3/c1-16(2,3)18-14(20)8-19(4)7-11-5-13(17)6-12-9-21-10-22-15(11)12/h5-6H,7-10H2,1-4H3,(H,18,20)/p+1. The first-order valence-corrected chi connectivity index (χ1v) is 7.76. The maximum Gasteiger partial charge on any atom is 0.275 e. The molecule has 0 aliphatic carbocycles. The quantitative estimate of drug-likeness (QED) is 0.872. The molecule has 2 N–H and O–H groups in total. The lowest BCUT2D eigenvalue weighted by Gasteiger charge is -2.24. The highest BCUT2D eigenvalue weighted by molar-refractivity contribution is 6.30. The molecule has 1 heterocycles. The molecular formula is C16H24ClN2O3+. The van der Waals surface area contributed by atoms with Crippen molar-refractivity contribution in [1.82, 2.24) is 5.32 Å². The summed E-state index contributed by atoms with van der Waals surface area (Å²) in [7, 11) is 1.98. The number of carbonyl (C=O) groups is 1. The first kappa shape index (κ1) is 17.1. The third-order valence-corrected chi connectivity index (χ3v) is 3.44. The number of carbonyl (C=O) groups excluding carboxylic acids is 1. The summed E-state index contributed by atoms with van der Waals surface area (Å²) in [5.74, 6) is 0.872. The third kappa shape index (κ3) is 4.87. The number of halogens is 1. The zero-order chi connectivity index (χ0) is 16.3. The summed E-state index contributed by atoms with van der Waals surface area (Å²) >= 11 is 6.16. The number of hydrogen-bond donors (Lipinski definition) is 2. The second-order valence-electron chi connectivity index (χ2n) is 6.77. The van der Waals surface area contributed by atoms with Crippen LogP contribution in [0.1, 0.15) is 31.9 Å². The Balaban J connectivity index is 2.04. The van der Waals surface area contributed by atoms with Crippen molar-refractivity contribution in [2.75, 3.05) is 20.4 Å². The van der Waals surface area contributed by atoms with Crippen LogP contribution in [0.2, 0.25) is 5.02 Å². The molecule has 1 aliphatic heterocycles. The summed E-state index contributed by atoms with van der Waals surface area (Å²) in [6, 6.07) is 3.76. The van der Waals surface area contributed by atoms with Gasteiger partial charge in [0.05, 0.1) is 19.2 Å². The zero-order valence-electron chi connectivity index (χ0n) is 13.6. The van der Waals surface area contributed by atoms with Gasteiger partial charge in [0.2, 0.25) is 0 Å². The van der Waals surface area contributed by atoms with E-state index in [0.717, 1.165) is 21.8 Å². The second-order valence-corrected chi connectivity index (χ2v) is 7.21. The normalized spacial score (nSPS) is 15.7. The summed E-state index contributed by atoms with van der Waals surface area (Å²) in [6.07, 6.45) is 0. The number of rotatable bonds is 4. The van der Waals surface area contributed by atoms with Gasteiger partial charge in [0.1, 0.15) is 12.3 Å². The lowest BCUT2D eigenvalue weighted by atomic mass is 10.1. The molecule has 2 rings (SSSR count). The topological polar surface area (TPSA) is 52.0 Å². The molecule has 6 heteroatoms. The Labute approximate surface area is 136 Å². The SMILES string of the molecule is C[NH+](CC(=O)NC(C)(C)C)Cc1cc(Cl)cc2c1OCOC2. The minimum Gasteiger partial charge on any atom is -0.467 e. The summed E-state index contributed by atoms with van der Waals surface area (Å²) in [5.41, 5.74) is 1.75. The highest BCUT2D eigenvalue weighted by Gasteiger charge is 2.21. The van der Waals surface area contributed by atoms with Crippen LogP contribution in [-0.4, -0.2) is 31.8 Å².